The summed E-state index contributed by atoms with van der Waals surface area (Å²) in [6.07, 6.45) is 1.89. The van der Waals surface area contributed by atoms with Crippen molar-refractivity contribution in [2.45, 2.75) is 34.1 Å². The first-order chi connectivity index (χ1) is 12.9. The van der Waals surface area contributed by atoms with Crippen LogP contribution >= 0.6 is 11.3 Å². The molecule has 0 aliphatic heterocycles. The van der Waals surface area contributed by atoms with Gasteiger partial charge in [0.05, 0.1) is 6.42 Å². The molecule has 2 aromatic heterocycles. The van der Waals surface area contributed by atoms with Crippen LogP contribution in [0.15, 0.2) is 35.8 Å². The maximum absolute atomic E-state index is 12.5. The van der Waals surface area contributed by atoms with Crippen molar-refractivity contribution in [1.82, 2.24) is 9.55 Å². The van der Waals surface area contributed by atoms with Crippen LogP contribution in [0.5, 0.6) is 0 Å². The van der Waals surface area contributed by atoms with Crippen molar-refractivity contribution in [3.63, 3.8) is 0 Å². The third-order valence-electron chi connectivity index (χ3n) is 4.63. The van der Waals surface area contributed by atoms with Crippen LogP contribution in [-0.2, 0) is 16.0 Å². The summed E-state index contributed by atoms with van der Waals surface area (Å²) >= 11 is 1.51. The molecular weight excluding hydrogens is 360 g/mol. The molecule has 0 aliphatic rings. The molecule has 0 atom stereocenters. The van der Waals surface area contributed by atoms with E-state index in [-0.39, 0.29) is 18.8 Å². The van der Waals surface area contributed by atoms with Crippen LogP contribution < -0.4 is 0 Å². The minimum Gasteiger partial charge on any atom is -0.457 e. The molecule has 0 fully saturated rings. The van der Waals surface area contributed by atoms with Gasteiger partial charge in [-0.3, -0.25) is 14.2 Å². The number of carbonyl (C=O) groups is 2. The Morgan fingerprint density at radius 3 is 2.56 bits per heavy atom. The number of ketones is 1. The fourth-order valence-corrected chi connectivity index (χ4v) is 3.77. The second-order valence-corrected chi connectivity index (χ2v) is 7.49. The molecule has 5 nitrogen and oxygen atoms in total. The zero-order valence-corrected chi connectivity index (χ0v) is 16.7. The fourth-order valence-electron chi connectivity index (χ4n) is 3.02. The molecule has 0 spiro atoms. The van der Waals surface area contributed by atoms with Gasteiger partial charge in [0.1, 0.15) is 0 Å². The van der Waals surface area contributed by atoms with E-state index < -0.39 is 5.97 Å². The van der Waals surface area contributed by atoms with Crippen molar-refractivity contribution in [3.8, 4) is 5.13 Å². The summed E-state index contributed by atoms with van der Waals surface area (Å²) in [5, 5.41) is 2.71. The summed E-state index contributed by atoms with van der Waals surface area (Å²) in [6, 6.07) is 7.68. The number of esters is 1. The van der Waals surface area contributed by atoms with E-state index in [1.807, 2.05) is 61.9 Å². The Balaban J connectivity index is 1.65. The van der Waals surface area contributed by atoms with Gasteiger partial charge in [-0.25, -0.2) is 4.98 Å². The molecule has 0 bridgehead atoms. The Labute approximate surface area is 162 Å². The number of carbonyl (C=O) groups excluding carboxylic acids is 2. The smallest absolute Gasteiger partial charge is 0.310 e. The largest absolute Gasteiger partial charge is 0.457 e. The number of rotatable bonds is 6. The third kappa shape index (κ3) is 4.17. The Hall–Kier alpha value is -2.73. The van der Waals surface area contributed by atoms with E-state index in [1.54, 1.807) is 6.20 Å². The van der Waals surface area contributed by atoms with Gasteiger partial charge in [-0.05, 0) is 50.5 Å². The van der Waals surface area contributed by atoms with Crippen molar-refractivity contribution >= 4 is 23.1 Å². The molecule has 27 heavy (non-hydrogen) atoms. The van der Waals surface area contributed by atoms with Gasteiger partial charge in [-0.1, -0.05) is 18.2 Å². The van der Waals surface area contributed by atoms with E-state index in [1.165, 1.54) is 16.9 Å². The highest BCUT2D eigenvalue weighted by molar-refractivity contribution is 7.12. The van der Waals surface area contributed by atoms with Gasteiger partial charge >= 0.3 is 5.97 Å². The van der Waals surface area contributed by atoms with E-state index in [0.29, 0.717) is 5.56 Å². The van der Waals surface area contributed by atoms with Gasteiger partial charge < -0.3 is 4.74 Å². The summed E-state index contributed by atoms with van der Waals surface area (Å²) in [7, 11) is 0. The van der Waals surface area contributed by atoms with Crippen molar-refractivity contribution in [2.24, 2.45) is 0 Å². The van der Waals surface area contributed by atoms with Crippen LogP contribution in [0, 0.1) is 27.7 Å². The lowest BCUT2D eigenvalue weighted by molar-refractivity contribution is -0.141. The molecule has 0 saturated carbocycles. The molecule has 6 heteroatoms. The normalized spacial score (nSPS) is 10.8. The number of ether oxygens (including phenoxy) is 1. The molecule has 0 amide bonds. The number of hydrogen-bond acceptors (Lipinski definition) is 5. The molecule has 0 radical (unpaired) electrons. The van der Waals surface area contributed by atoms with Crippen LogP contribution in [0.3, 0.4) is 0 Å². The molecule has 0 saturated heterocycles. The van der Waals surface area contributed by atoms with Crippen LogP contribution in [0.4, 0.5) is 0 Å². The predicted molar refractivity (Wildman–Crippen MR) is 106 cm³/mol. The molecule has 2 heterocycles. The highest BCUT2D eigenvalue weighted by Crippen LogP contribution is 2.22. The predicted octanol–water partition coefficient (Wildman–Crippen LogP) is 4.14. The number of hydrogen-bond donors (Lipinski definition) is 0. The molecule has 0 unspecified atom stereocenters. The van der Waals surface area contributed by atoms with Crippen LogP contribution in [0.1, 0.15) is 38.4 Å². The van der Waals surface area contributed by atoms with Crippen molar-refractivity contribution in [1.29, 1.82) is 0 Å². The Kier molecular flexibility index (Phi) is 5.56. The fraction of sp³-hybridized carbons (Fsp3) is 0.286. The van der Waals surface area contributed by atoms with Crippen molar-refractivity contribution in [3.05, 3.63) is 69.5 Å². The number of thiazole rings is 1. The molecule has 140 valence electrons. The average Bonchev–Trinajstić information content (AvgIpc) is 3.24. The molecule has 3 aromatic rings. The van der Waals surface area contributed by atoms with E-state index in [9.17, 15) is 9.59 Å². The standard InChI is InChI=1S/C21H22N2O3S/c1-13-5-6-17(9-14(13)2)11-20(25)26-12-19(24)18-10-15(3)23(16(18)4)21-22-7-8-27-21/h5-10H,11-12H2,1-4H3. The lowest BCUT2D eigenvalue weighted by atomic mass is 10.0. The molecule has 1 aromatic carbocycles. The lowest BCUT2D eigenvalue weighted by Gasteiger charge is -2.07. The average molecular weight is 382 g/mol. The highest BCUT2D eigenvalue weighted by atomic mass is 32.1. The topological polar surface area (TPSA) is 61.2 Å². The van der Waals surface area contributed by atoms with Gasteiger partial charge in [0.2, 0.25) is 5.78 Å². The maximum Gasteiger partial charge on any atom is 0.310 e. The van der Waals surface area contributed by atoms with Gasteiger partial charge in [0, 0.05) is 28.5 Å². The first-order valence-corrected chi connectivity index (χ1v) is 9.58. The molecular formula is C21H22N2O3S. The zero-order valence-electron chi connectivity index (χ0n) is 15.9. The minimum atomic E-state index is -0.402. The van der Waals surface area contributed by atoms with Crippen LogP contribution in [-0.4, -0.2) is 27.9 Å². The number of Topliss-reactive ketones (excluding diaryl/α,β-unsaturated/α-hetero) is 1. The first-order valence-electron chi connectivity index (χ1n) is 8.70. The zero-order chi connectivity index (χ0) is 19.6. The first kappa shape index (κ1) is 19.0. The summed E-state index contributed by atoms with van der Waals surface area (Å²) < 4.78 is 7.16. The minimum absolute atomic E-state index is 0.159. The van der Waals surface area contributed by atoms with Crippen molar-refractivity contribution in [2.75, 3.05) is 6.61 Å². The van der Waals surface area contributed by atoms with E-state index >= 15 is 0 Å². The van der Waals surface area contributed by atoms with Gasteiger partial charge in [-0.2, -0.15) is 0 Å². The van der Waals surface area contributed by atoms with Gasteiger partial charge in [0.25, 0.3) is 0 Å². The molecule has 0 N–H and O–H groups in total. The van der Waals surface area contributed by atoms with E-state index in [4.69, 9.17) is 4.74 Å². The molecule has 0 aliphatic carbocycles. The summed E-state index contributed by atoms with van der Waals surface area (Å²) in [5.74, 6) is -0.611. The Morgan fingerprint density at radius 1 is 1.11 bits per heavy atom. The summed E-state index contributed by atoms with van der Waals surface area (Å²) in [6.45, 7) is 7.57. The quantitative estimate of drug-likeness (QED) is 0.475. The number of benzene rings is 1. The van der Waals surface area contributed by atoms with Crippen molar-refractivity contribution < 1.29 is 14.3 Å². The number of aryl methyl sites for hydroxylation is 3. The molecule has 3 rings (SSSR count). The van der Waals surface area contributed by atoms with E-state index in [0.717, 1.165) is 27.6 Å². The van der Waals surface area contributed by atoms with Crippen LogP contribution in [0.25, 0.3) is 5.13 Å². The number of aromatic nitrogens is 2. The number of nitrogens with zero attached hydrogens (tertiary/aromatic N) is 2. The Bertz CT molecular complexity index is 987. The second kappa shape index (κ2) is 7.88. The Morgan fingerprint density at radius 2 is 1.89 bits per heavy atom. The highest BCUT2D eigenvalue weighted by Gasteiger charge is 2.19. The SMILES string of the molecule is Cc1ccc(CC(=O)OCC(=O)c2cc(C)n(-c3nccs3)c2C)cc1C. The lowest BCUT2D eigenvalue weighted by Crippen LogP contribution is -2.16. The third-order valence-corrected chi connectivity index (χ3v) is 5.38. The summed E-state index contributed by atoms with van der Waals surface area (Å²) in [4.78, 5) is 28.9. The monoisotopic (exact) mass is 382 g/mol. The maximum atomic E-state index is 12.5. The second-order valence-electron chi connectivity index (χ2n) is 6.61. The van der Waals surface area contributed by atoms with E-state index in [2.05, 4.69) is 4.98 Å². The van der Waals surface area contributed by atoms with Gasteiger partial charge in [0.15, 0.2) is 11.7 Å². The van der Waals surface area contributed by atoms with Crippen LogP contribution in [0.2, 0.25) is 0 Å². The van der Waals surface area contributed by atoms with Gasteiger partial charge in [-0.15, -0.1) is 11.3 Å². The summed E-state index contributed by atoms with van der Waals surface area (Å²) in [5.41, 5.74) is 5.48.